The van der Waals surface area contributed by atoms with E-state index >= 15 is 0 Å². The maximum atomic E-state index is 11.9. The van der Waals surface area contributed by atoms with Gasteiger partial charge >= 0.3 is 5.97 Å². The van der Waals surface area contributed by atoms with Crippen molar-refractivity contribution in [2.24, 2.45) is 0 Å². The Labute approximate surface area is 167 Å². The Kier molecular flexibility index (Phi) is 6.07. The van der Waals surface area contributed by atoms with Crippen LogP contribution < -0.4 is 9.47 Å². The zero-order chi connectivity index (χ0) is 21.0. The summed E-state index contributed by atoms with van der Waals surface area (Å²) < 4.78 is 21.6. The molecule has 1 N–H and O–H groups in total. The molecule has 7 heteroatoms. The fourth-order valence-electron chi connectivity index (χ4n) is 3.18. The van der Waals surface area contributed by atoms with Gasteiger partial charge < -0.3 is 23.7 Å². The predicted octanol–water partition coefficient (Wildman–Crippen LogP) is 4.13. The van der Waals surface area contributed by atoms with E-state index in [1.54, 1.807) is 12.1 Å². The third-order valence-corrected chi connectivity index (χ3v) is 4.55. The van der Waals surface area contributed by atoms with Gasteiger partial charge in [0.05, 0.1) is 26.4 Å². The molecule has 0 radical (unpaired) electrons. The van der Waals surface area contributed by atoms with Gasteiger partial charge in [0.25, 0.3) is 0 Å². The average Bonchev–Trinajstić information content (AvgIpc) is 3.09. The molecule has 0 aliphatic rings. The molecular weight excluding hydrogens is 376 g/mol. The predicted molar refractivity (Wildman–Crippen MR) is 107 cm³/mol. The number of hydrogen-bond donors (Lipinski definition) is 1. The Morgan fingerprint density at radius 1 is 1.14 bits per heavy atom. The molecule has 0 aliphatic heterocycles. The summed E-state index contributed by atoms with van der Waals surface area (Å²) in [4.78, 5) is 22.8. The lowest BCUT2D eigenvalue weighted by molar-refractivity contribution is -0.141. The summed E-state index contributed by atoms with van der Waals surface area (Å²) in [6.07, 6.45) is 2.03. The number of methoxy groups -OCH3 is 2. The molecule has 7 nitrogen and oxygen atoms in total. The van der Waals surface area contributed by atoms with Crippen LogP contribution in [0.2, 0.25) is 0 Å². The molecule has 29 heavy (non-hydrogen) atoms. The Hall–Kier alpha value is -3.48. The Morgan fingerprint density at radius 3 is 2.55 bits per heavy atom. The molecule has 0 spiro atoms. The largest absolute Gasteiger partial charge is 0.504 e. The van der Waals surface area contributed by atoms with Gasteiger partial charge in [-0.15, -0.1) is 0 Å². The highest BCUT2D eigenvalue weighted by molar-refractivity contribution is 6.04. The van der Waals surface area contributed by atoms with E-state index < -0.39 is 0 Å². The van der Waals surface area contributed by atoms with E-state index in [-0.39, 0.29) is 17.5 Å². The molecule has 152 valence electrons. The summed E-state index contributed by atoms with van der Waals surface area (Å²) in [5.41, 5.74) is 2.37. The number of phenolic OH excluding ortho intramolecular Hbond substituents is 1. The molecule has 0 aliphatic carbocycles. The van der Waals surface area contributed by atoms with Crippen molar-refractivity contribution in [1.29, 1.82) is 0 Å². The second-order valence-corrected chi connectivity index (χ2v) is 6.47. The number of ether oxygens (including phenoxy) is 3. The van der Waals surface area contributed by atoms with E-state index in [9.17, 15) is 14.7 Å². The van der Waals surface area contributed by atoms with Crippen LogP contribution in [0.5, 0.6) is 17.2 Å². The molecule has 0 fully saturated rings. The lowest BCUT2D eigenvalue weighted by atomic mass is 10.0. The van der Waals surface area contributed by atoms with Gasteiger partial charge in [0.2, 0.25) is 0 Å². The summed E-state index contributed by atoms with van der Waals surface area (Å²) in [5, 5.41) is 10.5. The smallest absolute Gasteiger partial charge is 0.302 e. The summed E-state index contributed by atoms with van der Waals surface area (Å²) in [7, 11) is 2.98. The van der Waals surface area contributed by atoms with Crippen molar-refractivity contribution in [3.8, 4) is 28.6 Å². The summed E-state index contributed by atoms with van der Waals surface area (Å²) in [5.74, 6) is 0.824. The second kappa shape index (κ2) is 8.68. The van der Waals surface area contributed by atoms with Gasteiger partial charge in [-0.3, -0.25) is 9.59 Å². The molecule has 2 aromatic carbocycles. The van der Waals surface area contributed by atoms with Gasteiger partial charge in [0, 0.05) is 17.9 Å². The Balaban J connectivity index is 2.05. The fourth-order valence-corrected chi connectivity index (χ4v) is 3.18. The molecule has 0 unspecified atom stereocenters. The summed E-state index contributed by atoms with van der Waals surface area (Å²) in [6.45, 7) is 1.69. The molecule has 0 saturated carbocycles. The number of fused-ring (bicyclic) bond motifs is 1. The summed E-state index contributed by atoms with van der Waals surface area (Å²) >= 11 is 0. The highest BCUT2D eigenvalue weighted by Gasteiger charge is 2.20. The molecule has 0 saturated heterocycles. The monoisotopic (exact) mass is 398 g/mol. The van der Waals surface area contributed by atoms with Gasteiger partial charge in [-0.2, -0.15) is 0 Å². The molecule has 3 rings (SSSR count). The first kappa shape index (κ1) is 20.3. The van der Waals surface area contributed by atoms with E-state index in [0.717, 1.165) is 11.8 Å². The van der Waals surface area contributed by atoms with E-state index in [1.165, 1.54) is 27.2 Å². The normalized spacial score (nSPS) is 10.7. The van der Waals surface area contributed by atoms with Crippen molar-refractivity contribution < 1.29 is 33.3 Å². The van der Waals surface area contributed by atoms with Crippen LogP contribution >= 0.6 is 0 Å². The number of benzene rings is 2. The van der Waals surface area contributed by atoms with Crippen molar-refractivity contribution in [2.45, 2.75) is 19.8 Å². The van der Waals surface area contributed by atoms with Crippen LogP contribution in [-0.4, -0.2) is 38.2 Å². The first-order valence-electron chi connectivity index (χ1n) is 9.07. The zero-order valence-corrected chi connectivity index (χ0v) is 16.5. The maximum Gasteiger partial charge on any atom is 0.302 e. The van der Waals surface area contributed by atoms with Crippen molar-refractivity contribution in [3.63, 3.8) is 0 Å². The van der Waals surface area contributed by atoms with Crippen LogP contribution in [0.1, 0.15) is 29.3 Å². The Morgan fingerprint density at radius 2 is 1.90 bits per heavy atom. The minimum atomic E-state index is -0.315. The summed E-state index contributed by atoms with van der Waals surface area (Å²) in [6, 6.07) is 8.45. The maximum absolute atomic E-state index is 11.9. The van der Waals surface area contributed by atoms with Gasteiger partial charge in [0.1, 0.15) is 5.76 Å². The van der Waals surface area contributed by atoms with E-state index in [4.69, 9.17) is 18.6 Å². The fraction of sp³-hybridized carbons (Fsp3) is 0.273. The topological polar surface area (TPSA) is 95.2 Å². The number of carbonyl (C=O) groups is 2. The molecule has 0 atom stereocenters. The number of aromatic hydroxyl groups is 1. The number of aryl methyl sites for hydroxylation is 1. The number of furan rings is 1. The van der Waals surface area contributed by atoms with Gasteiger partial charge in [-0.05, 0) is 48.7 Å². The van der Waals surface area contributed by atoms with E-state index in [0.29, 0.717) is 53.1 Å². The number of carbonyl (C=O) groups excluding carboxylic acids is 2. The highest BCUT2D eigenvalue weighted by atomic mass is 16.5. The van der Waals surface area contributed by atoms with Gasteiger partial charge in [-0.1, -0.05) is 0 Å². The zero-order valence-electron chi connectivity index (χ0n) is 16.5. The van der Waals surface area contributed by atoms with Crippen LogP contribution in [0.15, 0.2) is 34.7 Å². The van der Waals surface area contributed by atoms with Crippen LogP contribution in [0.4, 0.5) is 0 Å². The number of rotatable bonds is 8. The lowest BCUT2D eigenvalue weighted by Gasteiger charge is -2.06. The number of aldehydes is 1. The Bertz CT molecular complexity index is 1050. The number of esters is 1. The SMILES string of the molecule is COc1cc(-c2oc3c(OC)cc(CCCOC(C)=O)cc3c2C=O)ccc1O. The standard InChI is InChI=1S/C22H22O7/c1-13(24)28-8-4-5-14-9-16-17(12-23)21(29-22(16)20(10-14)27-3)15-6-7-18(25)19(11-15)26-2/h6-7,9-12,25H,4-5,8H2,1-3H3. The molecular formula is C22H22O7. The van der Waals surface area contributed by atoms with Crippen molar-refractivity contribution in [2.75, 3.05) is 20.8 Å². The third-order valence-electron chi connectivity index (χ3n) is 4.55. The lowest BCUT2D eigenvalue weighted by Crippen LogP contribution is -2.01. The van der Waals surface area contributed by atoms with Gasteiger partial charge in [-0.25, -0.2) is 0 Å². The number of hydrogen-bond acceptors (Lipinski definition) is 7. The molecule has 3 aromatic rings. The van der Waals surface area contributed by atoms with Crippen LogP contribution in [-0.2, 0) is 16.0 Å². The average molecular weight is 398 g/mol. The minimum absolute atomic E-state index is 0.00680. The quantitative estimate of drug-likeness (QED) is 0.346. The number of phenols is 1. The van der Waals surface area contributed by atoms with Crippen molar-refractivity contribution >= 4 is 23.2 Å². The highest BCUT2D eigenvalue weighted by Crippen LogP contribution is 2.40. The first-order valence-corrected chi connectivity index (χ1v) is 9.07. The van der Waals surface area contributed by atoms with E-state index in [1.807, 2.05) is 12.1 Å². The van der Waals surface area contributed by atoms with Crippen molar-refractivity contribution in [1.82, 2.24) is 0 Å². The third kappa shape index (κ3) is 4.18. The van der Waals surface area contributed by atoms with Crippen LogP contribution in [0, 0.1) is 0 Å². The van der Waals surface area contributed by atoms with Crippen LogP contribution in [0.3, 0.4) is 0 Å². The first-order chi connectivity index (χ1) is 14.0. The second-order valence-electron chi connectivity index (χ2n) is 6.47. The van der Waals surface area contributed by atoms with E-state index in [2.05, 4.69) is 0 Å². The molecule has 1 heterocycles. The molecule has 0 amide bonds. The molecule has 1 aromatic heterocycles. The molecule has 0 bridgehead atoms. The minimum Gasteiger partial charge on any atom is -0.504 e. The van der Waals surface area contributed by atoms with Gasteiger partial charge in [0.15, 0.2) is 29.1 Å². The van der Waals surface area contributed by atoms with Crippen LogP contribution in [0.25, 0.3) is 22.3 Å². The van der Waals surface area contributed by atoms with Crippen molar-refractivity contribution in [3.05, 3.63) is 41.5 Å².